The molecule has 1 heterocycles. The van der Waals surface area contributed by atoms with Gasteiger partial charge in [-0.15, -0.1) is 0 Å². The van der Waals surface area contributed by atoms with Crippen LogP contribution in [0, 0.1) is 5.92 Å². The highest BCUT2D eigenvalue weighted by atomic mass is 16.5. The molecule has 1 aliphatic carbocycles. The number of amides is 2. The monoisotopic (exact) mass is 361 g/mol. The number of nitrogens with two attached hydrogens (primary N) is 1. The Bertz CT molecular complexity index is 675. The van der Waals surface area contributed by atoms with E-state index in [4.69, 9.17) is 15.2 Å². The van der Waals surface area contributed by atoms with Gasteiger partial charge in [0.15, 0.2) is 0 Å². The van der Waals surface area contributed by atoms with Crippen LogP contribution in [0.1, 0.15) is 36.0 Å². The third-order valence-electron chi connectivity index (χ3n) is 5.19. The highest BCUT2D eigenvalue weighted by molar-refractivity contribution is 6.00. The molecule has 2 amide bonds. The summed E-state index contributed by atoms with van der Waals surface area (Å²) in [5.74, 6) is 1.26. The van der Waals surface area contributed by atoms with Crippen molar-refractivity contribution in [2.75, 3.05) is 27.3 Å². The highest BCUT2D eigenvalue weighted by Crippen LogP contribution is 2.31. The first-order valence-corrected chi connectivity index (χ1v) is 9.11. The summed E-state index contributed by atoms with van der Waals surface area (Å²) in [7, 11) is 3.07. The Morgan fingerprint density at radius 1 is 1.27 bits per heavy atom. The molecule has 142 valence electrons. The number of rotatable bonds is 7. The maximum absolute atomic E-state index is 13.0. The van der Waals surface area contributed by atoms with Crippen molar-refractivity contribution in [3.8, 4) is 11.5 Å². The average molecular weight is 361 g/mol. The van der Waals surface area contributed by atoms with Crippen LogP contribution in [0.15, 0.2) is 18.2 Å². The van der Waals surface area contributed by atoms with Crippen molar-refractivity contribution in [2.24, 2.45) is 11.7 Å². The van der Waals surface area contributed by atoms with E-state index in [-0.39, 0.29) is 17.9 Å². The molecule has 26 heavy (non-hydrogen) atoms. The predicted octanol–water partition coefficient (Wildman–Crippen LogP) is 1.16. The summed E-state index contributed by atoms with van der Waals surface area (Å²) < 4.78 is 10.5. The second-order valence-electron chi connectivity index (χ2n) is 6.97. The summed E-state index contributed by atoms with van der Waals surface area (Å²) in [6.07, 6.45) is 3.75. The molecule has 1 saturated carbocycles. The Hall–Kier alpha value is -2.28. The topological polar surface area (TPSA) is 93.9 Å². The van der Waals surface area contributed by atoms with Gasteiger partial charge in [-0.1, -0.05) is 0 Å². The second-order valence-corrected chi connectivity index (χ2v) is 6.97. The molecule has 0 bridgehead atoms. The first-order valence-electron chi connectivity index (χ1n) is 9.11. The fourth-order valence-corrected chi connectivity index (χ4v) is 3.44. The van der Waals surface area contributed by atoms with E-state index < -0.39 is 6.04 Å². The fourth-order valence-electron chi connectivity index (χ4n) is 3.44. The molecule has 7 heteroatoms. The molecule has 2 aliphatic rings. The summed E-state index contributed by atoms with van der Waals surface area (Å²) in [5.41, 5.74) is 6.49. The van der Waals surface area contributed by atoms with Gasteiger partial charge < -0.3 is 25.4 Å². The molecule has 0 radical (unpaired) electrons. The SMILES string of the molecule is COc1ccc(C(=O)N2CCCC2C(=O)NCC(N)C2CC2)c(OC)c1. The van der Waals surface area contributed by atoms with E-state index in [1.807, 2.05) is 0 Å². The molecule has 3 rings (SSSR count). The zero-order chi connectivity index (χ0) is 18.7. The number of hydrogen-bond donors (Lipinski definition) is 2. The molecule has 0 spiro atoms. The Kier molecular flexibility index (Phi) is 5.66. The minimum absolute atomic E-state index is 0.00573. The van der Waals surface area contributed by atoms with E-state index >= 15 is 0 Å². The smallest absolute Gasteiger partial charge is 0.258 e. The third kappa shape index (κ3) is 3.93. The minimum atomic E-state index is -0.458. The van der Waals surface area contributed by atoms with E-state index in [9.17, 15) is 9.59 Å². The van der Waals surface area contributed by atoms with Gasteiger partial charge in [0, 0.05) is 25.2 Å². The zero-order valence-electron chi connectivity index (χ0n) is 15.4. The molecule has 7 nitrogen and oxygen atoms in total. The Labute approximate surface area is 153 Å². The number of hydrogen-bond acceptors (Lipinski definition) is 5. The maximum Gasteiger partial charge on any atom is 0.258 e. The number of carbonyl (C=O) groups is 2. The van der Waals surface area contributed by atoms with E-state index in [1.54, 1.807) is 30.2 Å². The Balaban J connectivity index is 1.68. The van der Waals surface area contributed by atoms with Gasteiger partial charge in [0.05, 0.1) is 19.8 Å². The Morgan fingerprint density at radius 2 is 2.04 bits per heavy atom. The van der Waals surface area contributed by atoms with Crippen LogP contribution in [0.4, 0.5) is 0 Å². The quantitative estimate of drug-likeness (QED) is 0.760. The highest BCUT2D eigenvalue weighted by Gasteiger charge is 2.36. The van der Waals surface area contributed by atoms with Crippen LogP contribution in [-0.4, -0.2) is 56.1 Å². The summed E-state index contributed by atoms with van der Waals surface area (Å²) in [6.45, 7) is 1.02. The zero-order valence-corrected chi connectivity index (χ0v) is 15.4. The fraction of sp³-hybridized carbons (Fsp3) is 0.579. The first kappa shape index (κ1) is 18.5. The largest absolute Gasteiger partial charge is 0.497 e. The average Bonchev–Trinajstić information content (AvgIpc) is 3.41. The molecule has 2 unspecified atom stereocenters. The molecule has 3 N–H and O–H groups in total. The first-order chi connectivity index (χ1) is 12.5. The summed E-state index contributed by atoms with van der Waals surface area (Å²) in [6, 6.07) is 4.62. The van der Waals surface area contributed by atoms with E-state index in [1.165, 1.54) is 7.11 Å². The van der Waals surface area contributed by atoms with E-state index in [2.05, 4.69) is 5.32 Å². The molecular formula is C19H27N3O4. The Morgan fingerprint density at radius 3 is 2.69 bits per heavy atom. The molecular weight excluding hydrogens is 334 g/mol. The lowest BCUT2D eigenvalue weighted by Crippen LogP contribution is -2.49. The van der Waals surface area contributed by atoms with Gasteiger partial charge in [0.25, 0.3) is 5.91 Å². The lowest BCUT2D eigenvalue weighted by atomic mass is 10.1. The minimum Gasteiger partial charge on any atom is -0.497 e. The van der Waals surface area contributed by atoms with Crippen LogP contribution in [0.2, 0.25) is 0 Å². The van der Waals surface area contributed by atoms with E-state index in [0.717, 1.165) is 19.3 Å². The van der Waals surface area contributed by atoms with Gasteiger partial charge in [-0.25, -0.2) is 0 Å². The molecule has 0 aromatic heterocycles. The van der Waals surface area contributed by atoms with Gasteiger partial charge in [-0.2, -0.15) is 0 Å². The second kappa shape index (κ2) is 7.95. The van der Waals surface area contributed by atoms with Crippen molar-refractivity contribution in [3.05, 3.63) is 23.8 Å². The molecule has 1 aliphatic heterocycles. The van der Waals surface area contributed by atoms with Crippen LogP contribution in [-0.2, 0) is 4.79 Å². The van der Waals surface area contributed by atoms with Gasteiger partial charge >= 0.3 is 0 Å². The number of carbonyl (C=O) groups excluding carboxylic acids is 2. The van der Waals surface area contributed by atoms with Gasteiger partial charge in [0.2, 0.25) is 5.91 Å². The predicted molar refractivity (Wildman–Crippen MR) is 97.3 cm³/mol. The standard InChI is InChI=1S/C19H27N3O4/c1-25-13-7-8-14(17(10-13)26-2)19(24)22-9-3-4-16(22)18(23)21-11-15(20)12-5-6-12/h7-8,10,12,15-16H,3-6,9,11,20H2,1-2H3,(H,21,23). The maximum atomic E-state index is 13.0. The van der Waals surface area contributed by atoms with Crippen molar-refractivity contribution in [1.82, 2.24) is 10.2 Å². The molecule has 1 aromatic rings. The number of likely N-dealkylation sites (tertiary alicyclic amines) is 1. The van der Waals surface area contributed by atoms with Crippen molar-refractivity contribution in [1.29, 1.82) is 0 Å². The van der Waals surface area contributed by atoms with Crippen molar-refractivity contribution < 1.29 is 19.1 Å². The third-order valence-corrected chi connectivity index (χ3v) is 5.19. The molecule has 2 atom stereocenters. The normalized spacial score (nSPS) is 20.6. The molecule has 1 saturated heterocycles. The number of benzene rings is 1. The van der Waals surface area contributed by atoms with Gasteiger partial charge in [-0.05, 0) is 43.7 Å². The van der Waals surface area contributed by atoms with Crippen LogP contribution in [0.3, 0.4) is 0 Å². The number of nitrogens with one attached hydrogen (secondary N) is 1. The van der Waals surface area contributed by atoms with Crippen LogP contribution in [0.5, 0.6) is 11.5 Å². The van der Waals surface area contributed by atoms with Crippen LogP contribution in [0.25, 0.3) is 0 Å². The van der Waals surface area contributed by atoms with Gasteiger partial charge in [0.1, 0.15) is 17.5 Å². The number of methoxy groups -OCH3 is 2. The van der Waals surface area contributed by atoms with Crippen LogP contribution >= 0.6 is 0 Å². The van der Waals surface area contributed by atoms with Crippen LogP contribution < -0.4 is 20.5 Å². The summed E-state index contributed by atoms with van der Waals surface area (Å²) in [5, 5.41) is 2.92. The lowest BCUT2D eigenvalue weighted by molar-refractivity contribution is -0.124. The summed E-state index contributed by atoms with van der Waals surface area (Å²) in [4.78, 5) is 27.2. The number of ether oxygens (including phenoxy) is 2. The summed E-state index contributed by atoms with van der Waals surface area (Å²) >= 11 is 0. The van der Waals surface area contributed by atoms with Crippen molar-refractivity contribution in [3.63, 3.8) is 0 Å². The molecule has 2 fully saturated rings. The van der Waals surface area contributed by atoms with E-state index in [0.29, 0.717) is 42.5 Å². The lowest BCUT2D eigenvalue weighted by Gasteiger charge is -2.25. The van der Waals surface area contributed by atoms with Gasteiger partial charge in [-0.3, -0.25) is 9.59 Å². The number of nitrogens with zero attached hydrogens (tertiary/aromatic N) is 1. The van der Waals surface area contributed by atoms with Crippen molar-refractivity contribution >= 4 is 11.8 Å². The molecule has 1 aromatic carbocycles. The van der Waals surface area contributed by atoms with Crippen molar-refractivity contribution in [2.45, 2.75) is 37.8 Å².